The van der Waals surface area contributed by atoms with E-state index in [0.29, 0.717) is 17.7 Å². The quantitative estimate of drug-likeness (QED) is 0.364. The van der Waals surface area contributed by atoms with E-state index in [2.05, 4.69) is 47.3 Å². The summed E-state index contributed by atoms with van der Waals surface area (Å²) in [6, 6.07) is 10.8. The number of benzene rings is 2. The van der Waals surface area contributed by atoms with Crippen molar-refractivity contribution in [1.29, 1.82) is 0 Å². The van der Waals surface area contributed by atoms with Crippen LogP contribution in [0.3, 0.4) is 0 Å². The van der Waals surface area contributed by atoms with Crippen molar-refractivity contribution in [2.24, 2.45) is 7.05 Å². The Morgan fingerprint density at radius 2 is 2.00 bits per heavy atom. The highest BCUT2D eigenvalue weighted by Gasteiger charge is 2.31. The number of aromatic nitrogens is 5. The minimum absolute atomic E-state index is 0.0218. The lowest BCUT2D eigenvalue weighted by Gasteiger charge is -2.34. The third kappa shape index (κ3) is 4.29. The maximum atomic E-state index is 12.0. The van der Waals surface area contributed by atoms with Crippen LogP contribution in [0.2, 0.25) is 0 Å². The molecule has 4 aromatic rings. The van der Waals surface area contributed by atoms with Gasteiger partial charge in [-0.2, -0.15) is 10.1 Å². The highest BCUT2D eigenvalue weighted by atomic mass is 16.5. The molecular weight excluding hydrogens is 490 g/mol. The largest absolute Gasteiger partial charge is 0.356 e. The van der Waals surface area contributed by atoms with Gasteiger partial charge in [0.15, 0.2) is 12.1 Å². The molecule has 9 nitrogen and oxygen atoms in total. The molecule has 1 amide bonds. The summed E-state index contributed by atoms with van der Waals surface area (Å²) in [5, 5.41) is 14.3. The first-order valence-electron chi connectivity index (χ1n) is 14.2. The van der Waals surface area contributed by atoms with Crippen LogP contribution < -0.4 is 5.32 Å². The molecule has 39 heavy (non-hydrogen) atoms. The number of nitrogens with one attached hydrogen (secondary N) is 1. The highest BCUT2D eigenvalue weighted by molar-refractivity contribution is 5.89. The van der Waals surface area contributed by atoms with Gasteiger partial charge in [-0.3, -0.25) is 4.79 Å². The van der Waals surface area contributed by atoms with Crippen molar-refractivity contribution in [3.05, 3.63) is 53.2 Å². The molecular formula is C30H35N7O2. The molecule has 202 valence electrons. The number of hydrogen-bond donors (Lipinski definition) is 1. The Hall–Kier alpha value is -3.72. The third-order valence-corrected chi connectivity index (χ3v) is 8.59. The zero-order valence-corrected chi connectivity index (χ0v) is 22.9. The van der Waals surface area contributed by atoms with Crippen LogP contribution in [0, 0.1) is 0 Å². The van der Waals surface area contributed by atoms with Crippen LogP contribution in [0.4, 0.5) is 11.6 Å². The summed E-state index contributed by atoms with van der Waals surface area (Å²) in [7, 11) is 1.93. The first-order valence-corrected chi connectivity index (χ1v) is 14.2. The number of carbonyl (C=O) groups is 1. The molecule has 3 aliphatic rings. The van der Waals surface area contributed by atoms with Gasteiger partial charge in [0.05, 0.1) is 17.8 Å². The second-order valence-electron chi connectivity index (χ2n) is 11.2. The fourth-order valence-corrected chi connectivity index (χ4v) is 6.35. The lowest BCUT2D eigenvalue weighted by atomic mass is 9.91. The minimum Gasteiger partial charge on any atom is -0.356 e. The molecule has 0 spiro atoms. The van der Waals surface area contributed by atoms with Gasteiger partial charge in [0, 0.05) is 43.8 Å². The molecule has 2 aromatic heterocycles. The van der Waals surface area contributed by atoms with Gasteiger partial charge >= 0.3 is 0 Å². The summed E-state index contributed by atoms with van der Waals surface area (Å²) in [5.74, 6) is 2.06. The van der Waals surface area contributed by atoms with Gasteiger partial charge in [-0.15, -0.1) is 5.10 Å². The van der Waals surface area contributed by atoms with Crippen LogP contribution in [0.1, 0.15) is 80.8 Å². The average molecular weight is 526 g/mol. The Balaban J connectivity index is 1.19. The van der Waals surface area contributed by atoms with Crippen molar-refractivity contribution in [3.8, 4) is 11.4 Å². The van der Waals surface area contributed by atoms with Crippen LogP contribution in [0.25, 0.3) is 22.3 Å². The number of nitrogens with zero attached hydrogens (tertiary/aromatic N) is 6. The number of ether oxygens (including phenoxy) is 1. The molecule has 2 aromatic carbocycles. The van der Waals surface area contributed by atoms with E-state index in [-0.39, 0.29) is 18.2 Å². The maximum absolute atomic E-state index is 12.0. The van der Waals surface area contributed by atoms with Gasteiger partial charge in [0.25, 0.3) is 0 Å². The molecule has 0 bridgehead atoms. The third-order valence-electron chi connectivity index (χ3n) is 8.59. The minimum atomic E-state index is 0.0218. The fourth-order valence-electron chi connectivity index (χ4n) is 6.35. The number of amides is 1. The summed E-state index contributed by atoms with van der Waals surface area (Å²) >= 11 is 0. The summed E-state index contributed by atoms with van der Waals surface area (Å²) < 4.78 is 9.92. The van der Waals surface area contributed by atoms with Crippen LogP contribution in [-0.4, -0.2) is 48.5 Å². The van der Waals surface area contributed by atoms with Crippen LogP contribution in [-0.2, 0) is 23.0 Å². The van der Waals surface area contributed by atoms with Crippen molar-refractivity contribution >= 4 is 28.4 Å². The van der Waals surface area contributed by atoms with Gasteiger partial charge in [-0.05, 0) is 86.3 Å². The lowest BCUT2D eigenvalue weighted by Crippen LogP contribution is -2.37. The van der Waals surface area contributed by atoms with Crippen molar-refractivity contribution in [1.82, 2.24) is 29.4 Å². The molecule has 1 aliphatic carbocycles. The number of hydrogen-bond acceptors (Lipinski definition) is 6. The van der Waals surface area contributed by atoms with E-state index in [1.54, 1.807) is 6.92 Å². The van der Waals surface area contributed by atoms with Crippen molar-refractivity contribution < 1.29 is 9.53 Å². The van der Waals surface area contributed by atoms with E-state index in [1.807, 2.05) is 22.8 Å². The van der Waals surface area contributed by atoms with Gasteiger partial charge in [-0.1, -0.05) is 12.1 Å². The second-order valence-corrected chi connectivity index (χ2v) is 11.2. The number of rotatable bonds is 5. The summed E-state index contributed by atoms with van der Waals surface area (Å²) in [4.78, 5) is 18.8. The summed E-state index contributed by atoms with van der Waals surface area (Å²) in [6.07, 6.45) is 8.57. The predicted molar refractivity (Wildman–Crippen MR) is 150 cm³/mol. The van der Waals surface area contributed by atoms with E-state index in [1.165, 1.54) is 41.3 Å². The number of aryl methyl sites for hydroxylation is 1. The smallest absolute Gasteiger partial charge is 0.225 e. The van der Waals surface area contributed by atoms with E-state index in [9.17, 15) is 4.79 Å². The molecule has 2 unspecified atom stereocenters. The molecule has 1 saturated heterocycles. The Kier molecular flexibility index (Phi) is 5.91. The Labute approximate surface area is 228 Å². The van der Waals surface area contributed by atoms with Crippen molar-refractivity contribution in [2.75, 3.05) is 18.5 Å². The van der Waals surface area contributed by atoms with Gasteiger partial charge < -0.3 is 15.0 Å². The fraction of sp³-hybridized carbons (Fsp3) is 0.467. The van der Waals surface area contributed by atoms with Crippen molar-refractivity contribution in [2.45, 2.75) is 70.6 Å². The molecule has 4 heterocycles. The number of fused-ring (bicyclic) bond motifs is 2. The van der Waals surface area contributed by atoms with Gasteiger partial charge in [-0.25, -0.2) is 9.36 Å². The predicted octanol–water partition coefficient (Wildman–Crippen LogP) is 5.62. The zero-order chi connectivity index (χ0) is 26.7. The van der Waals surface area contributed by atoms with Crippen LogP contribution >= 0.6 is 0 Å². The van der Waals surface area contributed by atoms with E-state index >= 15 is 0 Å². The van der Waals surface area contributed by atoms with E-state index in [4.69, 9.17) is 19.9 Å². The summed E-state index contributed by atoms with van der Waals surface area (Å²) in [5.41, 5.74) is 6.99. The number of anilines is 2. The first-order chi connectivity index (χ1) is 19.0. The average Bonchev–Trinajstić information content (AvgIpc) is 3.59. The number of carbonyl (C=O) groups excluding carboxylic acids is 1. The molecule has 2 aliphatic heterocycles. The molecule has 0 radical (unpaired) electrons. The Morgan fingerprint density at radius 1 is 1.13 bits per heavy atom. The molecule has 2 atom stereocenters. The van der Waals surface area contributed by atoms with Crippen molar-refractivity contribution in [3.63, 3.8) is 0 Å². The van der Waals surface area contributed by atoms with Crippen LogP contribution in [0.15, 0.2) is 36.5 Å². The van der Waals surface area contributed by atoms with E-state index < -0.39 is 0 Å². The van der Waals surface area contributed by atoms with Gasteiger partial charge in [0.1, 0.15) is 0 Å². The van der Waals surface area contributed by atoms with Crippen LogP contribution in [0.5, 0.6) is 0 Å². The topological polar surface area (TPSA) is 90.1 Å². The Bertz CT molecular complexity index is 1560. The SMILES string of the molecule is CC(=O)N1CCc2cc(-c3nc(Nc4ccc5c(cnn5C5CCCCO5)c4C4CC4)n(C)n3)ccc2C1C. The normalized spacial score (nSPS) is 21.3. The molecule has 1 N–H and O–H groups in total. The summed E-state index contributed by atoms with van der Waals surface area (Å²) in [6.45, 7) is 5.28. The monoisotopic (exact) mass is 525 g/mol. The maximum Gasteiger partial charge on any atom is 0.225 e. The molecule has 2 fully saturated rings. The van der Waals surface area contributed by atoms with E-state index in [0.717, 1.165) is 49.2 Å². The Morgan fingerprint density at radius 3 is 2.77 bits per heavy atom. The second kappa shape index (κ2) is 9.48. The first kappa shape index (κ1) is 24.3. The zero-order valence-electron chi connectivity index (χ0n) is 22.9. The molecule has 7 rings (SSSR count). The molecule has 9 heteroatoms. The highest BCUT2D eigenvalue weighted by Crippen LogP contribution is 2.47. The van der Waals surface area contributed by atoms with Gasteiger partial charge in [0.2, 0.25) is 11.9 Å². The standard InChI is InChI=1S/C30H35N7O2/c1-18-23-10-9-22(16-21(23)13-14-36(18)19(2)38)29-33-30(35(3)34-29)32-25-11-12-26-24(28(25)20-7-8-20)17-31-37(26)27-6-4-5-15-39-27/h9-12,16-18,20,27H,4-8,13-15H2,1-3H3,(H,32,33,34). The lowest BCUT2D eigenvalue weighted by molar-refractivity contribution is -0.131. The molecule has 1 saturated carbocycles.